The summed E-state index contributed by atoms with van der Waals surface area (Å²) in [5.41, 5.74) is 4.06. The summed E-state index contributed by atoms with van der Waals surface area (Å²) < 4.78 is 0. The second kappa shape index (κ2) is 8.02. The lowest BCUT2D eigenvalue weighted by atomic mass is 10.0. The van der Waals surface area contributed by atoms with Gasteiger partial charge in [0.25, 0.3) is 0 Å². The molecule has 3 aromatic rings. The van der Waals surface area contributed by atoms with Crippen LogP contribution >= 0.6 is 11.8 Å². The molecule has 0 saturated heterocycles. The fourth-order valence-electron chi connectivity index (χ4n) is 2.55. The smallest absolute Gasteiger partial charge is 0.242 e. The van der Waals surface area contributed by atoms with Gasteiger partial charge in [0.2, 0.25) is 5.12 Å². The molecule has 26 heavy (non-hydrogen) atoms. The zero-order valence-electron chi connectivity index (χ0n) is 14.6. The molecule has 1 heterocycles. The molecule has 0 atom stereocenters. The van der Waals surface area contributed by atoms with E-state index in [-0.39, 0.29) is 5.12 Å². The number of pyridine rings is 1. The minimum atomic E-state index is -0.0727. The largest absolute Gasteiger partial charge is 0.507 e. The predicted octanol–water partition coefficient (Wildman–Crippen LogP) is 5.51. The molecule has 130 valence electrons. The summed E-state index contributed by atoms with van der Waals surface area (Å²) in [6, 6.07) is 17.0. The maximum atomic E-state index is 12.3. The third-order valence-corrected chi connectivity index (χ3v) is 4.83. The Balaban J connectivity index is 1.70. The summed E-state index contributed by atoms with van der Waals surface area (Å²) in [6.07, 6.45) is 5.60. The van der Waals surface area contributed by atoms with E-state index in [4.69, 9.17) is 0 Å². The third kappa shape index (κ3) is 4.41. The summed E-state index contributed by atoms with van der Waals surface area (Å²) in [6.45, 7) is 3.76. The lowest BCUT2D eigenvalue weighted by molar-refractivity contribution is 0.108. The number of benzene rings is 2. The normalized spacial score (nSPS) is 11.0. The molecular weight excluding hydrogens is 342 g/mol. The van der Waals surface area contributed by atoms with Gasteiger partial charge in [0, 0.05) is 11.1 Å². The van der Waals surface area contributed by atoms with Crippen molar-refractivity contribution in [2.24, 2.45) is 0 Å². The van der Waals surface area contributed by atoms with Gasteiger partial charge in [-0.15, -0.1) is 0 Å². The fraction of sp³-hybridized carbons (Fsp3) is 0.0909. The highest BCUT2D eigenvalue weighted by molar-refractivity contribution is 8.14. The van der Waals surface area contributed by atoms with E-state index in [0.717, 1.165) is 27.1 Å². The average Bonchev–Trinajstić information content (AvgIpc) is 2.65. The van der Waals surface area contributed by atoms with E-state index in [1.807, 2.05) is 74.5 Å². The lowest BCUT2D eigenvalue weighted by Crippen LogP contribution is -1.96. The molecule has 0 spiro atoms. The molecule has 0 unspecified atom stereocenters. The van der Waals surface area contributed by atoms with Gasteiger partial charge in [0.1, 0.15) is 11.4 Å². The highest BCUT2D eigenvalue weighted by atomic mass is 32.2. The molecule has 3 rings (SSSR count). The minimum Gasteiger partial charge on any atom is -0.507 e. The first kappa shape index (κ1) is 18.0. The zero-order valence-corrected chi connectivity index (χ0v) is 15.5. The summed E-state index contributed by atoms with van der Waals surface area (Å²) in [4.78, 5) is 17.4. The Morgan fingerprint density at radius 3 is 2.23 bits per heavy atom. The van der Waals surface area contributed by atoms with Crippen LogP contribution in [0.5, 0.6) is 5.75 Å². The number of nitrogens with zero attached hydrogens (tertiary/aromatic N) is 1. The number of carbonyl (C=O) groups is 1. The second-order valence-corrected chi connectivity index (χ2v) is 7.06. The van der Waals surface area contributed by atoms with E-state index in [9.17, 15) is 9.90 Å². The number of phenolic OH excluding ortho intramolecular Hbond substituents is 1. The molecule has 3 nitrogen and oxygen atoms in total. The van der Waals surface area contributed by atoms with Crippen LogP contribution in [0.1, 0.15) is 32.7 Å². The van der Waals surface area contributed by atoms with Gasteiger partial charge in [0.05, 0.1) is 0 Å². The Bertz CT molecular complexity index is 925. The van der Waals surface area contributed by atoms with Crippen LogP contribution < -0.4 is 0 Å². The van der Waals surface area contributed by atoms with Gasteiger partial charge in [-0.05, 0) is 78.2 Å². The van der Waals surface area contributed by atoms with Crippen molar-refractivity contribution in [2.45, 2.75) is 18.7 Å². The number of carbonyl (C=O) groups excluding carboxylic acids is 1. The Morgan fingerprint density at radius 1 is 0.962 bits per heavy atom. The highest BCUT2D eigenvalue weighted by Crippen LogP contribution is 2.24. The summed E-state index contributed by atoms with van der Waals surface area (Å²) in [7, 11) is 0. The fourth-order valence-corrected chi connectivity index (χ4v) is 3.28. The van der Waals surface area contributed by atoms with E-state index in [1.165, 1.54) is 11.8 Å². The van der Waals surface area contributed by atoms with Gasteiger partial charge in [-0.1, -0.05) is 36.4 Å². The van der Waals surface area contributed by atoms with Crippen LogP contribution in [0.15, 0.2) is 65.7 Å². The molecule has 0 aliphatic heterocycles. The number of hydrogen-bond donors (Lipinski definition) is 1. The summed E-state index contributed by atoms with van der Waals surface area (Å²) in [5.74, 6) is 0.336. The van der Waals surface area contributed by atoms with Crippen LogP contribution in [0.3, 0.4) is 0 Å². The number of phenols is 1. The van der Waals surface area contributed by atoms with Crippen LogP contribution in [0.25, 0.3) is 12.2 Å². The molecule has 0 aliphatic carbocycles. The maximum Gasteiger partial charge on any atom is 0.242 e. The third-order valence-electron chi connectivity index (χ3n) is 3.93. The lowest BCUT2D eigenvalue weighted by Gasteiger charge is -2.05. The van der Waals surface area contributed by atoms with Gasteiger partial charge < -0.3 is 5.11 Å². The van der Waals surface area contributed by atoms with Gasteiger partial charge in [-0.2, -0.15) is 0 Å². The SMILES string of the molecule is Cc1cc(C=Cc2ccc(C(=O)Sc3ccccc3)nc2)cc(C)c1O. The molecule has 2 aromatic carbocycles. The van der Waals surface area contributed by atoms with Crippen LogP contribution in [0.4, 0.5) is 0 Å². The standard InChI is InChI=1S/C22H19NO2S/c1-15-12-18(13-16(2)21(15)24)9-8-17-10-11-20(23-14-17)22(25)26-19-6-4-3-5-7-19/h3-14,24H,1-2H3. The molecule has 0 fully saturated rings. The average molecular weight is 361 g/mol. The first-order valence-electron chi connectivity index (χ1n) is 8.24. The van der Waals surface area contributed by atoms with Crippen molar-refractivity contribution >= 4 is 29.0 Å². The highest BCUT2D eigenvalue weighted by Gasteiger charge is 2.09. The van der Waals surface area contributed by atoms with Crippen LogP contribution in [0, 0.1) is 13.8 Å². The number of hydrogen-bond acceptors (Lipinski definition) is 4. The van der Waals surface area contributed by atoms with Crippen molar-refractivity contribution in [3.05, 3.63) is 88.7 Å². The summed E-state index contributed by atoms with van der Waals surface area (Å²) in [5, 5.41) is 9.76. The van der Waals surface area contributed by atoms with Crippen molar-refractivity contribution < 1.29 is 9.90 Å². The molecule has 0 aliphatic rings. The van der Waals surface area contributed by atoms with Gasteiger partial charge >= 0.3 is 0 Å². The van der Waals surface area contributed by atoms with E-state index in [1.54, 1.807) is 12.3 Å². The van der Waals surface area contributed by atoms with Crippen molar-refractivity contribution in [1.82, 2.24) is 4.98 Å². The first-order valence-corrected chi connectivity index (χ1v) is 9.06. The van der Waals surface area contributed by atoms with Crippen LogP contribution in [-0.4, -0.2) is 15.2 Å². The Hall–Kier alpha value is -2.85. The summed E-state index contributed by atoms with van der Waals surface area (Å²) >= 11 is 1.17. The minimum absolute atomic E-state index is 0.0727. The number of rotatable bonds is 4. The van der Waals surface area contributed by atoms with E-state index in [0.29, 0.717) is 11.4 Å². The zero-order chi connectivity index (χ0) is 18.5. The Kier molecular flexibility index (Phi) is 5.54. The van der Waals surface area contributed by atoms with Gasteiger partial charge in [-0.3, -0.25) is 9.78 Å². The number of aryl methyl sites for hydroxylation is 2. The van der Waals surface area contributed by atoms with E-state index < -0.39 is 0 Å². The second-order valence-electron chi connectivity index (χ2n) is 6.02. The number of thioether (sulfide) groups is 1. The molecule has 0 saturated carbocycles. The quantitative estimate of drug-likeness (QED) is 0.623. The monoisotopic (exact) mass is 361 g/mol. The molecule has 0 amide bonds. The van der Waals surface area contributed by atoms with Crippen molar-refractivity contribution in [2.75, 3.05) is 0 Å². The predicted molar refractivity (Wildman–Crippen MR) is 107 cm³/mol. The number of aromatic nitrogens is 1. The van der Waals surface area contributed by atoms with E-state index in [2.05, 4.69) is 4.98 Å². The molecular formula is C22H19NO2S. The van der Waals surface area contributed by atoms with Crippen molar-refractivity contribution in [3.63, 3.8) is 0 Å². The molecule has 0 radical (unpaired) electrons. The van der Waals surface area contributed by atoms with Crippen LogP contribution in [0.2, 0.25) is 0 Å². The Labute approximate surface area is 157 Å². The van der Waals surface area contributed by atoms with Crippen molar-refractivity contribution in [3.8, 4) is 5.75 Å². The Morgan fingerprint density at radius 2 is 1.62 bits per heavy atom. The molecule has 4 heteroatoms. The van der Waals surface area contributed by atoms with Gasteiger partial charge in [0.15, 0.2) is 0 Å². The van der Waals surface area contributed by atoms with Gasteiger partial charge in [-0.25, -0.2) is 0 Å². The molecule has 1 N–H and O–H groups in total. The van der Waals surface area contributed by atoms with Crippen molar-refractivity contribution in [1.29, 1.82) is 0 Å². The number of aromatic hydroxyl groups is 1. The topological polar surface area (TPSA) is 50.2 Å². The maximum absolute atomic E-state index is 12.3. The molecule has 1 aromatic heterocycles. The first-order chi connectivity index (χ1) is 12.5. The van der Waals surface area contributed by atoms with Crippen LogP contribution in [-0.2, 0) is 0 Å². The molecule has 0 bridgehead atoms. The van der Waals surface area contributed by atoms with E-state index >= 15 is 0 Å².